The Kier molecular flexibility index (Phi) is 7.18. The Balaban J connectivity index is 1.52. The van der Waals surface area contributed by atoms with E-state index in [1.165, 1.54) is 23.3 Å². The predicted octanol–water partition coefficient (Wildman–Crippen LogP) is 3.21. The predicted molar refractivity (Wildman–Crippen MR) is 114 cm³/mol. The Bertz CT molecular complexity index is 947. The largest absolute Gasteiger partial charge is 0.480 e. The minimum atomic E-state index is -1.34. The molecule has 30 heavy (non-hydrogen) atoms. The molecule has 0 bridgehead atoms. The van der Waals surface area contributed by atoms with Crippen LogP contribution in [0.5, 0.6) is 0 Å². The molecular formula is C21H21Cl2N3O4. The van der Waals surface area contributed by atoms with Gasteiger partial charge in [0.1, 0.15) is 6.04 Å². The number of carbonyl (C=O) groups excluding carboxylic acids is 2. The van der Waals surface area contributed by atoms with Gasteiger partial charge in [-0.25, -0.2) is 9.59 Å². The molecule has 7 nitrogen and oxygen atoms in total. The quantitative estimate of drug-likeness (QED) is 0.520. The fourth-order valence-electron chi connectivity index (χ4n) is 3.48. The highest BCUT2D eigenvalue weighted by atomic mass is 35.5. The van der Waals surface area contributed by atoms with Crippen LogP contribution in [0.3, 0.4) is 0 Å². The second-order valence-corrected chi connectivity index (χ2v) is 7.80. The van der Waals surface area contributed by atoms with Crippen LogP contribution in [0.4, 0.5) is 4.79 Å². The summed E-state index contributed by atoms with van der Waals surface area (Å²) in [6, 6.07) is 10.8. The fraction of sp³-hybridized carbons (Fsp3) is 0.286. The van der Waals surface area contributed by atoms with Crippen LogP contribution in [0.25, 0.3) is 0 Å². The molecule has 0 aliphatic heterocycles. The van der Waals surface area contributed by atoms with Crippen LogP contribution in [0.1, 0.15) is 33.8 Å². The Hall–Kier alpha value is -2.77. The number of carboxylic acids is 1. The van der Waals surface area contributed by atoms with Gasteiger partial charge in [0.15, 0.2) is 0 Å². The third-order valence-corrected chi connectivity index (χ3v) is 5.66. The highest BCUT2D eigenvalue weighted by molar-refractivity contribution is 6.39. The molecule has 158 valence electrons. The summed E-state index contributed by atoms with van der Waals surface area (Å²) in [7, 11) is 0. The molecule has 2 aromatic rings. The van der Waals surface area contributed by atoms with E-state index in [0.29, 0.717) is 6.54 Å². The maximum atomic E-state index is 12.4. The van der Waals surface area contributed by atoms with Crippen LogP contribution >= 0.6 is 23.2 Å². The van der Waals surface area contributed by atoms with Crippen molar-refractivity contribution in [2.75, 3.05) is 13.1 Å². The summed E-state index contributed by atoms with van der Waals surface area (Å²) >= 11 is 12.0. The summed E-state index contributed by atoms with van der Waals surface area (Å²) in [5.41, 5.74) is 2.50. The number of aryl methyl sites for hydroxylation is 1. The number of urea groups is 1. The first-order chi connectivity index (χ1) is 14.4. The van der Waals surface area contributed by atoms with E-state index < -0.39 is 23.9 Å². The molecule has 0 saturated heterocycles. The lowest BCUT2D eigenvalue weighted by molar-refractivity contribution is -0.139. The number of carboxylic acid groups (broad SMARTS) is 1. The summed E-state index contributed by atoms with van der Waals surface area (Å²) in [5.74, 6) is -1.80. The van der Waals surface area contributed by atoms with Crippen molar-refractivity contribution in [2.45, 2.75) is 24.8 Å². The van der Waals surface area contributed by atoms with Crippen molar-refractivity contribution in [2.24, 2.45) is 0 Å². The zero-order valence-corrected chi connectivity index (χ0v) is 17.5. The fourth-order valence-corrected chi connectivity index (χ4v) is 4.04. The molecule has 0 radical (unpaired) electrons. The molecule has 2 aromatic carbocycles. The smallest absolute Gasteiger partial charge is 0.328 e. The molecule has 1 aliphatic rings. The molecular weight excluding hydrogens is 429 g/mol. The third kappa shape index (κ3) is 5.23. The van der Waals surface area contributed by atoms with Crippen molar-refractivity contribution in [1.82, 2.24) is 16.0 Å². The highest BCUT2D eigenvalue weighted by Crippen LogP contribution is 2.32. The van der Waals surface area contributed by atoms with E-state index in [0.717, 1.165) is 12.8 Å². The number of aliphatic carboxylic acids is 1. The molecule has 0 fully saturated rings. The van der Waals surface area contributed by atoms with Crippen LogP contribution in [-0.2, 0) is 11.2 Å². The first-order valence-electron chi connectivity index (χ1n) is 9.44. The lowest BCUT2D eigenvalue weighted by atomic mass is 10.0. The van der Waals surface area contributed by atoms with Crippen LogP contribution in [0.2, 0.25) is 10.0 Å². The van der Waals surface area contributed by atoms with Crippen molar-refractivity contribution >= 4 is 41.1 Å². The monoisotopic (exact) mass is 449 g/mol. The number of hydrogen-bond donors (Lipinski definition) is 4. The zero-order chi connectivity index (χ0) is 21.7. The van der Waals surface area contributed by atoms with Crippen LogP contribution < -0.4 is 16.0 Å². The van der Waals surface area contributed by atoms with Crippen molar-refractivity contribution in [1.29, 1.82) is 0 Å². The average molecular weight is 450 g/mol. The summed E-state index contributed by atoms with van der Waals surface area (Å²) in [4.78, 5) is 36.0. The van der Waals surface area contributed by atoms with Crippen molar-refractivity contribution in [3.63, 3.8) is 0 Å². The van der Waals surface area contributed by atoms with Gasteiger partial charge < -0.3 is 21.1 Å². The third-order valence-electron chi connectivity index (χ3n) is 5.03. The van der Waals surface area contributed by atoms with E-state index in [2.05, 4.69) is 28.1 Å². The highest BCUT2D eigenvalue weighted by Gasteiger charge is 2.25. The summed E-state index contributed by atoms with van der Waals surface area (Å²) in [5, 5.41) is 17.2. The Morgan fingerprint density at radius 1 is 1.03 bits per heavy atom. The number of amides is 3. The number of benzene rings is 2. The van der Waals surface area contributed by atoms with Crippen LogP contribution in [0.15, 0.2) is 42.5 Å². The van der Waals surface area contributed by atoms with Crippen molar-refractivity contribution < 1.29 is 19.5 Å². The van der Waals surface area contributed by atoms with E-state index in [1.54, 1.807) is 6.07 Å². The van der Waals surface area contributed by atoms with Gasteiger partial charge in [-0.2, -0.15) is 0 Å². The van der Waals surface area contributed by atoms with E-state index in [9.17, 15) is 19.5 Å². The summed E-state index contributed by atoms with van der Waals surface area (Å²) in [6.07, 6.45) is 1.92. The zero-order valence-electron chi connectivity index (χ0n) is 16.0. The Labute approximate surface area is 183 Å². The van der Waals surface area contributed by atoms with Gasteiger partial charge in [0.2, 0.25) is 0 Å². The second kappa shape index (κ2) is 9.82. The molecule has 4 N–H and O–H groups in total. The minimum Gasteiger partial charge on any atom is -0.480 e. The van der Waals surface area contributed by atoms with E-state index in [4.69, 9.17) is 23.2 Å². The number of carbonyl (C=O) groups is 3. The van der Waals surface area contributed by atoms with Gasteiger partial charge in [0.05, 0.1) is 22.2 Å². The second-order valence-electron chi connectivity index (χ2n) is 6.99. The van der Waals surface area contributed by atoms with Gasteiger partial charge in [-0.05, 0) is 36.1 Å². The summed E-state index contributed by atoms with van der Waals surface area (Å²) in [6.45, 7) is 0.151. The molecule has 9 heteroatoms. The standard InChI is InChI=1S/C21H21Cl2N3O4/c22-15-6-3-7-16(23)18(15)19(27)26-17(20(28)29)11-25-21(30)24-10-13-9-8-12-4-1-2-5-14(12)13/h1-7,13,17H,8-11H2,(H,26,27)(H,28,29)(H2,24,25,30)/t13?,17-/m0/s1. The van der Waals surface area contributed by atoms with Crippen molar-refractivity contribution in [3.05, 3.63) is 69.2 Å². The van der Waals surface area contributed by atoms with Crippen LogP contribution in [0, 0.1) is 0 Å². The van der Waals surface area contributed by atoms with E-state index in [1.807, 2.05) is 12.1 Å². The minimum absolute atomic E-state index is 0.0172. The number of rotatable bonds is 7. The molecule has 0 saturated carbocycles. The first kappa shape index (κ1) is 21.9. The number of halogens is 2. The van der Waals surface area contributed by atoms with Gasteiger partial charge in [0, 0.05) is 12.5 Å². The number of nitrogens with one attached hydrogen (secondary N) is 3. The lowest BCUT2D eigenvalue weighted by Gasteiger charge is -2.18. The molecule has 2 atom stereocenters. The van der Waals surface area contributed by atoms with Crippen molar-refractivity contribution in [3.8, 4) is 0 Å². The molecule has 3 rings (SSSR count). The molecule has 0 spiro atoms. The topological polar surface area (TPSA) is 108 Å². The maximum Gasteiger partial charge on any atom is 0.328 e. The van der Waals surface area contributed by atoms with Gasteiger partial charge in [-0.1, -0.05) is 53.5 Å². The maximum absolute atomic E-state index is 12.4. The normalized spacial score (nSPS) is 15.7. The molecule has 1 aliphatic carbocycles. The van der Waals surface area contributed by atoms with Gasteiger partial charge in [-0.3, -0.25) is 4.79 Å². The number of hydrogen-bond acceptors (Lipinski definition) is 3. The molecule has 0 heterocycles. The van der Waals surface area contributed by atoms with Crippen LogP contribution in [-0.4, -0.2) is 42.1 Å². The Morgan fingerprint density at radius 2 is 1.73 bits per heavy atom. The SMILES string of the molecule is O=C(NCC1CCc2ccccc21)NC[C@H](NC(=O)c1c(Cl)cccc1Cl)C(=O)O. The van der Waals surface area contributed by atoms with Gasteiger partial charge in [-0.15, -0.1) is 0 Å². The average Bonchev–Trinajstić information content (AvgIpc) is 3.12. The Morgan fingerprint density at radius 3 is 2.43 bits per heavy atom. The molecule has 0 aromatic heterocycles. The van der Waals surface area contributed by atoms with E-state index in [-0.39, 0.29) is 28.1 Å². The lowest BCUT2D eigenvalue weighted by Crippen LogP contribution is -2.50. The molecule has 3 amide bonds. The van der Waals surface area contributed by atoms with E-state index >= 15 is 0 Å². The van der Waals surface area contributed by atoms with Gasteiger partial charge in [0.25, 0.3) is 5.91 Å². The number of fused-ring (bicyclic) bond motifs is 1. The first-order valence-corrected chi connectivity index (χ1v) is 10.2. The molecule has 1 unspecified atom stereocenters. The summed E-state index contributed by atoms with van der Waals surface area (Å²) < 4.78 is 0. The van der Waals surface area contributed by atoms with Gasteiger partial charge >= 0.3 is 12.0 Å².